The summed E-state index contributed by atoms with van der Waals surface area (Å²) in [5.74, 6) is 1.03. The van der Waals surface area contributed by atoms with E-state index in [1.165, 1.54) is 0 Å². The van der Waals surface area contributed by atoms with E-state index < -0.39 is 6.10 Å². The third-order valence-electron chi connectivity index (χ3n) is 3.12. The number of benzene rings is 2. The number of para-hydroxylation sites is 2. The van der Waals surface area contributed by atoms with Crippen LogP contribution in [0.1, 0.15) is 17.2 Å². The van der Waals surface area contributed by atoms with Crippen molar-refractivity contribution in [3.63, 3.8) is 0 Å². The average molecular weight is 304 g/mol. The topological polar surface area (TPSA) is 79.2 Å². The molecule has 0 saturated carbocycles. The van der Waals surface area contributed by atoms with Crippen LogP contribution in [0.15, 0.2) is 48.5 Å². The van der Waals surface area contributed by atoms with Gasteiger partial charge >= 0.3 is 0 Å². The largest absolute Gasteiger partial charge is 0.491 e. The molecule has 0 bridgehead atoms. The van der Waals surface area contributed by atoms with Crippen LogP contribution in [0.5, 0.6) is 11.5 Å². The Morgan fingerprint density at radius 1 is 0.727 bits per heavy atom. The molecule has 0 saturated heterocycles. The highest BCUT2D eigenvalue weighted by Gasteiger charge is 2.19. The van der Waals surface area contributed by atoms with E-state index >= 15 is 0 Å². The van der Waals surface area contributed by atoms with Crippen LogP contribution in [-0.4, -0.2) is 41.7 Å². The molecule has 2 aromatic rings. The minimum atomic E-state index is -0.926. The first-order valence-electron chi connectivity index (χ1n) is 7.11. The zero-order chi connectivity index (χ0) is 15.8. The van der Waals surface area contributed by atoms with Crippen LogP contribution >= 0.6 is 0 Å². The predicted octanol–water partition coefficient (Wildman–Crippen LogP) is 1.51. The van der Waals surface area contributed by atoms with Crippen molar-refractivity contribution in [3.05, 3.63) is 59.7 Å². The molecule has 0 radical (unpaired) electrons. The van der Waals surface area contributed by atoms with Crippen molar-refractivity contribution in [2.45, 2.75) is 6.10 Å². The van der Waals surface area contributed by atoms with Crippen molar-refractivity contribution < 1.29 is 24.8 Å². The molecule has 0 unspecified atom stereocenters. The fourth-order valence-electron chi connectivity index (χ4n) is 2.15. The summed E-state index contributed by atoms with van der Waals surface area (Å²) in [6, 6.07) is 14.2. The van der Waals surface area contributed by atoms with Crippen molar-refractivity contribution in [1.29, 1.82) is 0 Å². The van der Waals surface area contributed by atoms with Gasteiger partial charge in [0.1, 0.15) is 30.8 Å². The molecule has 22 heavy (non-hydrogen) atoms. The molecular weight excluding hydrogens is 284 g/mol. The predicted molar refractivity (Wildman–Crippen MR) is 82.1 cm³/mol. The maximum atomic E-state index is 10.7. The number of rotatable bonds is 8. The molecule has 0 amide bonds. The molecule has 0 aliphatic rings. The standard InChI is InChI=1S/C17H20O5/c18-9-11-21-15-7-3-1-5-13(15)17(20)14-6-2-4-8-16(14)22-12-10-19/h1-8,17-20H,9-12H2. The van der Waals surface area contributed by atoms with Gasteiger partial charge in [-0.15, -0.1) is 0 Å². The van der Waals surface area contributed by atoms with E-state index in [-0.39, 0.29) is 26.4 Å². The molecule has 0 aliphatic carbocycles. The smallest absolute Gasteiger partial charge is 0.125 e. The van der Waals surface area contributed by atoms with Gasteiger partial charge in [0.05, 0.1) is 13.2 Å². The summed E-state index contributed by atoms with van der Waals surface area (Å²) in [4.78, 5) is 0. The van der Waals surface area contributed by atoms with E-state index in [0.717, 1.165) is 0 Å². The second kappa shape index (κ2) is 8.38. The molecule has 0 heterocycles. The SMILES string of the molecule is OCCOc1ccccc1C(O)c1ccccc1OCCO. The Labute approximate surface area is 129 Å². The second-order valence-electron chi connectivity index (χ2n) is 4.62. The second-order valence-corrected chi connectivity index (χ2v) is 4.62. The maximum Gasteiger partial charge on any atom is 0.125 e. The first kappa shape index (κ1) is 16.3. The lowest BCUT2D eigenvalue weighted by molar-refractivity contribution is 0.176. The summed E-state index contributed by atoms with van der Waals surface area (Å²) in [6.07, 6.45) is -0.926. The van der Waals surface area contributed by atoms with E-state index in [1.54, 1.807) is 36.4 Å². The van der Waals surface area contributed by atoms with E-state index in [0.29, 0.717) is 22.6 Å². The Hall–Kier alpha value is -2.08. The number of ether oxygens (including phenoxy) is 2. The van der Waals surface area contributed by atoms with Crippen LogP contribution in [0.2, 0.25) is 0 Å². The minimum absolute atomic E-state index is 0.0966. The molecule has 0 spiro atoms. The van der Waals surface area contributed by atoms with E-state index in [4.69, 9.17) is 19.7 Å². The first-order valence-corrected chi connectivity index (χ1v) is 7.11. The first-order chi connectivity index (χ1) is 10.8. The normalized spacial score (nSPS) is 10.7. The Kier molecular flexibility index (Phi) is 6.21. The van der Waals surface area contributed by atoms with Gasteiger partial charge in [0.25, 0.3) is 0 Å². The van der Waals surface area contributed by atoms with Crippen molar-refractivity contribution in [3.8, 4) is 11.5 Å². The molecule has 0 aliphatic heterocycles. The molecule has 5 nitrogen and oxygen atoms in total. The van der Waals surface area contributed by atoms with Gasteiger partial charge in [0, 0.05) is 11.1 Å². The Morgan fingerprint density at radius 3 is 1.55 bits per heavy atom. The van der Waals surface area contributed by atoms with E-state index in [2.05, 4.69) is 0 Å². The highest BCUT2D eigenvalue weighted by molar-refractivity contribution is 5.45. The molecule has 118 valence electrons. The lowest BCUT2D eigenvalue weighted by Gasteiger charge is -2.19. The van der Waals surface area contributed by atoms with Crippen LogP contribution in [0.25, 0.3) is 0 Å². The van der Waals surface area contributed by atoms with E-state index in [1.807, 2.05) is 12.1 Å². The van der Waals surface area contributed by atoms with Gasteiger partial charge in [-0.1, -0.05) is 36.4 Å². The van der Waals surface area contributed by atoms with Crippen LogP contribution in [0, 0.1) is 0 Å². The monoisotopic (exact) mass is 304 g/mol. The summed E-state index contributed by atoms with van der Waals surface area (Å²) in [5, 5.41) is 28.4. The Balaban J connectivity index is 2.30. The molecule has 0 atom stereocenters. The molecule has 0 aromatic heterocycles. The summed E-state index contributed by atoms with van der Waals surface area (Å²) in [6.45, 7) is 0.125. The number of hydrogen-bond acceptors (Lipinski definition) is 5. The number of aliphatic hydroxyl groups excluding tert-OH is 3. The van der Waals surface area contributed by atoms with Crippen molar-refractivity contribution >= 4 is 0 Å². The van der Waals surface area contributed by atoms with Crippen molar-refractivity contribution in [2.24, 2.45) is 0 Å². The highest BCUT2D eigenvalue weighted by Crippen LogP contribution is 2.34. The van der Waals surface area contributed by atoms with Crippen molar-refractivity contribution in [1.82, 2.24) is 0 Å². The van der Waals surface area contributed by atoms with Gasteiger partial charge in [-0.3, -0.25) is 0 Å². The molecule has 3 N–H and O–H groups in total. The highest BCUT2D eigenvalue weighted by atomic mass is 16.5. The lowest BCUT2D eigenvalue weighted by atomic mass is 10.00. The molecule has 0 fully saturated rings. The molecule has 5 heteroatoms. The molecule has 2 rings (SSSR count). The third-order valence-corrected chi connectivity index (χ3v) is 3.12. The zero-order valence-electron chi connectivity index (χ0n) is 12.2. The summed E-state index contributed by atoms with van der Waals surface area (Å²) < 4.78 is 10.9. The third kappa shape index (κ3) is 3.98. The van der Waals surface area contributed by atoms with Gasteiger partial charge in [0.15, 0.2) is 0 Å². The van der Waals surface area contributed by atoms with Crippen LogP contribution in [0.3, 0.4) is 0 Å². The lowest BCUT2D eigenvalue weighted by Crippen LogP contribution is -2.09. The molecular formula is C17H20O5. The fraction of sp³-hybridized carbons (Fsp3) is 0.294. The van der Waals surface area contributed by atoms with Crippen LogP contribution in [0.4, 0.5) is 0 Å². The zero-order valence-corrected chi connectivity index (χ0v) is 12.2. The summed E-state index contributed by atoms with van der Waals surface area (Å²) >= 11 is 0. The fourth-order valence-corrected chi connectivity index (χ4v) is 2.15. The number of hydrogen-bond donors (Lipinski definition) is 3. The minimum Gasteiger partial charge on any atom is -0.491 e. The summed E-state index contributed by atoms with van der Waals surface area (Å²) in [5.41, 5.74) is 1.19. The quantitative estimate of drug-likeness (QED) is 0.689. The van der Waals surface area contributed by atoms with E-state index in [9.17, 15) is 5.11 Å². The average Bonchev–Trinajstić information content (AvgIpc) is 2.58. The number of aliphatic hydroxyl groups is 3. The van der Waals surface area contributed by atoms with Gasteiger partial charge in [0.2, 0.25) is 0 Å². The molecule has 2 aromatic carbocycles. The maximum absolute atomic E-state index is 10.7. The van der Waals surface area contributed by atoms with Crippen LogP contribution < -0.4 is 9.47 Å². The van der Waals surface area contributed by atoms with Crippen LogP contribution in [-0.2, 0) is 0 Å². The van der Waals surface area contributed by atoms with Gasteiger partial charge in [-0.25, -0.2) is 0 Å². The van der Waals surface area contributed by atoms with Gasteiger partial charge in [-0.05, 0) is 12.1 Å². The van der Waals surface area contributed by atoms with Gasteiger partial charge < -0.3 is 24.8 Å². The Bertz CT molecular complexity index is 533. The van der Waals surface area contributed by atoms with Gasteiger partial charge in [-0.2, -0.15) is 0 Å². The van der Waals surface area contributed by atoms with Crippen molar-refractivity contribution in [2.75, 3.05) is 26.4 Å². The Morgan fingerprint density at radius 2 is 1.14 bits per heavy atom. The summed E-state index contributed by atoms with van der Waals surface area (Å²) in [7, 11) is 0.